The van der Waals surface area contributed by atoms with Gasteiger partial charge in [0.1, 0.15) is 13.2 Å². The summed E-state index contributed by atoms with van der Waals surface area (Å²) in [5.41, 5.74) is 0. The Hall–Kier alpha value is -2.89. The maximum absolute atomic E-state index is 12.8. The van der Waals surface area contributed by atoms with E-state index < -0.39 is 6.10 Å². The van der Waals surface area contributed by atoms with Gasteiger partial charge in [0.2, 0.25) is 0 Å². The molecule has 6 heteroatoms. The zero-order chi connectivity index (χ0) is 46.5. The van der Waals surface area contributed by atoms with Crippen LogP contribution in [-0.2, 0) is 28.6 Å². The second-order valence-corrected chi connectivity index (χ2v) is 18.1. The molecule has 0 N–H and O–H groups in total. The van der Waals surface area contributed by atoms with E-state index in [0.29, 0.717) is 19.3 Å². The van der Waals surface area contributed by atoms with E-state index in [9.17, 15) is 14.4 Å². The number of carbonyl (C=O) groups excluding carboxylic acids is 3. The topological polar surface area (TPSA) is 78.9 Å². The van der Waals surface area contributed by atoms with Gasteiger partial charge in [-0.05, 0) is 70.6 Å². The van der Waals surface area contributed by atoms with Gasteiger partial charge in [0.05, 0.1) is 0 Å². The first-order chi connectivity index (χ1) is 31.5. The van der Waals surface area contributed by atoms with Crippen LogP contribution in [0.1, 0.15) is 271 Å². The van der Waals surface area contributed by atoms with Crippen molar-refractivity contribution in [2.24, 2.45) is 0 Å². The van der Waals surface area contributed by atoms with Crippen LogP contribution >= 0.6 is 0 Å². The highest BCUT2D eigenvalue weighted by molar-refractivity contribution is 5.71. The maximum atomic E-state index is 12.8. The summed E-state index contributed by atoms with van der Waals surface area (Å²) >= 11 is 0. The lowest BCUT2D eigenvalue weighted by Gasteiger charge is -2.18. The fraction of sp³-hybridized carbons (Fsp3) is 0.776. The zero-order valence-electron chi connectivity index (χ0n) is 42.3. The van der Waals surface area contributed by atoms with Gasteiger partial charge in [-0.15, -0.1) is 0 Å². The standard InChI is InChI=1S/C58H102O6/c1-4-7-10-13-16-19-22-25-27-28-29-30-31-34-36-39-42-45-48-51-57(60)63-54-55(53-62-56(59)50-47-44-41-38-35-32-24-21-18-15-12-9-6-3)64-58(61)52-49-46-43-40-37-33-26-23-20-17-14-11-8-5-2/h9,12,18,21,25,27,32,35,41,44,55H,4-8,10-11,13-17,19-20,22-24,26,28-31,33-34,36-40,42-43,45-54H2,1-3H3/b12-9-,21-18-,27-25-,35-32-,44-41-. The van der Waals surface area contributed by atoms with Gasteiger partial charge in [-0.2, -0.15) is 0 Å². The van der Waals surface area contributed by atoms with Crippen LogP contribution in [0.2, 0.25) is 0 Å². The van der Waals surface area contributed by atoms with Crippen molar-refractivity contribution in [1.29, 1.82) is 0 Å². The fourth-order valence-corrected chi connectivity index (χ4v) is 7.69. The van der Waals surface area contributed by atoms with Crippen molar-refractivity contribution in [3.8, 4) is 0 Å². The summed E-state index contributed by atoms with van der Waals surface area (Å²) in [6, 6.07) is 0. The number of rotatable bonds is 49. The molecule has 64 heavy (non-hydrogen) atoms. The molecule has 0 saturated heterocycles. The van der Waals surface area contributed by atoms with Crippen molar-refractivity contribution in [2.45, 2.75) is 277 Å². The minimum atomic E-state index is -0.800. The third-order valence-electron chi connectivity index (χ3n) is 11.8. The first-order valence-corrected chi connectivity index (χ1v) is 27.3. The van der Waals surface area contributed by atoms with Gasteiger partial charge < -0.3 is 14.2 Å². The number of allylic oxidation sites excluding steroid dienone is 10. The molecule has 0 aliphatic carbocycles. The monoisotopic (exact) mass is 895 g/mol. The minimum absolute atomic E-state index is 0.0949. The molecule has 0 amide bonds. The van der Waals surface area contributed by atoms with Crippen LogP contribution < -0.4 is 0 Å². The van der Waals surface area contributed by atoms with E-state index in [4.69, 9.17) is 14.2 Å². The van der Waals surface area contributed by atoms with Crippen molar-refractivity contribution in [3.05, 3.63) is 60.8 Å². The third-order valence-corrected chi connectivity index (χ3v) is 11.8. The van der Waals surface area contributed by atoms with Crippen molar-refractivity contribution in [2.75, 3.05) is 13.2 Å². The Morgan fingerprint density at radius 2 is 0.641 bits per heavy atom. The highest BCUT2D eigenvalue weighted by Crippen LogP contribution is 2.16. The van der Waals surface area contributed by atoms with Crippen LogP contribution in [0.25, 0.3) is 0 Å². The number of ether oxygens (including phenoxy) is 3. The lowest BCUT2D eigenvalue weighted by atomic mass is 10.0. The molecule has 0 heterocycles. The first kappa shape index (κ1) is 61.1. The Kier molecular flexibility index (Phi) is 50.4. The highest BCUT2D eigenvalue weighted by atomic mass is 16.6. The molecule has 0 radical (unpaired) electrons. The average Bonchev–Trinajstić information content (AvgIpc) is 3.29. The summed E-state index contributed by atoms with van der Waals surface area (Å²) in [6.45, 7) is 6.47. The molecule has 0 rings (SSSR count). The lowest BCUT2D eigenvalue weighted by molar-refractivity contribution is -0.166. The molecule has 0 aliphatic heterocycles. The largest absolute Gasteiger partial charge is 0.462 e. The Balaban J connectivity index is 4.39. The third kappa shape index (κ3) is 50.1. The van der Waals surface area contributed by atoms with Gasteiger partial charge in [0.15, 0.2) is 6.10 Å². The van der Waals surface area contributed by atoms with E-state index in [2.05, 4.69) is 75.5 Å². The van der Waals surface area contributed by atoms with Crippen LogP contribution in [0.4, 0.5) is 0 Å². The molecular weight excluding hydrogens is 793 g/mol. The second kappa shape index (κ2) is 52.7. The van der Waals surface area contributed by atoms with E-state index in [1.807, 2.05) is 6.08 Å². The summed E-state index contributed by atoms with van der Waals surface area (Å²) in [7, 11) is 0. The normalized spacial score (nSPS) is 12.5. The summed E-state index contributed by atoms with van der Waals surface area (Å²) in [5, 5.41) is 0. The Labute approximate surface area is 396 Å². The fourth-order valence-electron chi connectivity index (χ4n) is 7.69. The molecule has 0 bridgehead atoms. The predicted molar refractivity (Wildman–Crippen MR) is 275 cm³/mol. The van der Waals surface area contributed by atoms with Crippen molar-refractivity contribution in [3.63, 3.8) is 0 Å². The van der Waals surface area contributed by atoms with Gasteiger partial charge in [-0.1, -0.05) is 242 Å². The quantitative estimate of drug-likeness (QED) is 0.0262. The number of esters is 3. The number of unbranched alkanes of at least 4 members (excludes halogenated alkanes) is 28. The van der Waals surface area contributed by atoms with Crippen LogP contribution in [0.3, 0.4) is 0 Å². The van der Waals surface area contributed by atoms with Crippen LogP contribution in [0.5, 0.6) is 0 Å². The highest BCUT2D eigenvalue weighted by Gasteiger charge is 2.19. The molecule has 370 valence electrons. The van der Waals surface area contributed by atoms with Crippen LogP contribution in [-0.4, -0.2) is 37.2 Å². The summed E-state index contributed by atoms with van der Waals surface area (Å²) in [4.78, 5) is 38.0. The first-order valence-electron chi connectivity index (χ1n) is 27.3. The second-order valence-electron chi connectivity index (χ2n) is 18.1. The van der Waals surface area contributed by atoms with E-state index in [0.717, 1.165) is 64.2 Å². The van der Waals surface area contributed by atoms with Crippen molar-refractivity contribution < 1.29 is 28.6 Å². The smallest absolute Gasteiger partial charge is 0.306 e. The van der Waals surface area contributed by atoms with Crippen LogP contribution in [0.15, 0.2) is 60.8 Å². The van der Waals surface area contributed by atoms with Gasteiger partial charge in [0.25, 0.3) is 0 Å². The number of hydrogen-bond acceptors (Lipinski definition) is 6. The van der Waals surface area contributed by atoms with E-state index in [1.165, 1.54) is 161 Å². The van der Waals surface area contributed by atoms with Gasteiger partial charge >= 0.3 is 17.9 Å². The Bertz CT molecular complexity index is 1170. The Morgan fingerprint density at radius 1 is 0.328 bits per heavy atom. The molecule has 0 fully saturated rings. The number of carbonyl (C=O) groups is 3. The number of hydrogen-bond donors (Lipinski definition) is 0. The van der Waals surface area contributed by atoms with E-state index >= 15 is 0 Å². The molecule has 0 aromatic heterocycles. The molecule has 1 unspecified atom stereocenters. The molecule has 6 nitrogen and oxygen atoms in total. The lowest BCUT2D eigenvalue weighted by Crippen LogP contribution is -2.30. The van der Waals surface area contributed by atoms with Gasteiger partial charge in [-0.25, -0.2) is 0 Å². The summed E-state index contributed by atoms with van der Waals surface area (Å²) in [6.07, 6.45) is 65.1. The minimum Gasteiger partial charge on any atom is -0.462 e. The molecule has 0 spiro atoms. The van der Waals surface area contributed by atoms with E-state index in [1.54, 1.807) is 0 Å². The molecule has 0 saturated carbocycles. The van der Waals surface area contributed by atoms with Crippen LogP contribution in [0, 0.1) is 0 Å². The average molecular weight is 895 g/mol. The Morgan fingerprint density at radius 3 is 1.05 bits per heavy atom. The molecule has 0 aromatic rings. The summed E-state index contributed by atoms with van der Waals surface area (Å²) < 4.78 is 16.8. The van der Waals surface area contributed by atoms with Gasteiger partial charge in [0, 0.05) is 19.3 Å². The van der Waals surface area contributed by atoms with Crippen molar-refractivity contribution in [1.82, 2.24) is 0 Å². The molecule has 1 atom stereocenters. The maximum Gasteiger partial charge on any atom is 0.306 e. The SMILES string of the molecule is CC/C=C\C/C=C\C/C=C\C/C=C\CCC(=O)OCC(COC(=O)CCCCCCCCCCC/C=C\CCCCCCCC)OC(=O)CCCCCCCCCCCCCCCC. The molecular formula is C58H102O6. The van der Waals surface area contributed by atoms with Gasteiger partial charge in [-0.3, -0.25) is 14.4 Å². The molecule has 0 aromatic carbocycles. The molecule has 0 aliphatic rings. The summed E-state index contributed by atoms with van der Waals surface area (Å²) in [5.74, 6) is -0.973. The van der Waals surface area contributed by atoms with Crippen molar-refractivity contribution >= 4 is 17.9 Å². The van der Waals surface area contributed by atoms with E-state index in [-0.39, 0.29) is 37.5 Å². The predicted octanol–water partition coefficient (Wildman–Crippen LogP) is 18.0. The zero-order valence-corrected chi connectivity index (χ0v) is 42.3.